The van der Waals surface area contributed by atoms with Gasteiger partial charge in [0.25, 0.3) is 5.69 Å². The molecule has 98 valence electrons. The van der Waals surface area contributed by atoms with Crippen molar-refractivity contribution < 1.29 is 4.92 Å². The van der Waals surface area contributed by atoms with E-state index >= 15 is 0 Å². The molecular weight excluding hydrogens is 244 g/mol. The van der Waals surface area contributed by atoms with Gasteiger partial charge in [0.2, 0.25) is 0 Å². The average Bonchev–Trinajstić information content (AvgIpc) is 2.39. The van der Waals surface area contributed by atoms with E-state index in [0.717, 1.165) is 11.1 Å². The van der Waals surface area contributed by atoms with Crippen LogP contribution in [0.4, 0.5) is 11.5 Å². The molecule has 1 N–H and O–H groups in total. The molecule has 0 aliphatic heterocycles. The molecule has 2 aromatic rings. The molecular formula is C13H14N4O2. The van der Waals surface area contributed by atoms with Crippen molar-refractivity contribution >= 4 is 11.5 Å². The summed E-state index contributed by atoms with van der Waals surface area (Å²) in [7, 11) is 0. The molecule has 0 aromatic carbocycles. The van der Waals surface area contributed by atoms with Crippen molar-refractivity contribution in [2.24, 2.45) is 0 Å². The van der Waals surface area contributed by atoms with Crippen molar-refractivity contribution in [3.63, 3.8) is 0 Å². The zero-order valence-corrected chi connectivity index (χ0v) is 10.8. The molecule has 0 aliphatic carbocycles. The normalized spacial score (nSPS) is 10.2. The average molecular weight is 258 g/mol. The third-order valence-electron chi connectivity index (χ3n) is 2.87. The Bertz CT molecular complexity index is 613. The minimum atomic E-state index is -0.403. The molecule has 0 unspecified atom stereocenters. The van der Waals surface area contributed by atoms with Crippen LogP contribution in [0.15, 0.2) is 30.7 Å². The molecule has 2 heterocycles. The summed E-state index contributed by atoms with van der Waals surface area (Å²) in [5, 5.41) is 13.9. The van der Waals surface area contributed by atoms with E-state index in [1.165, 1.54) is 12.3 Å². The number of anilines is 1. The highest BCUT2D eigenvalue weighted by molar-refractivity contribution is 5.49. The summed E-state index contributed by atoms with van der Waals surface area (Å²) in [6.07, 6.45) is 5.00. The minimum Gasteiger partial charge on any atom is -0.366 e. The highest BCUT2D eigenvalue weighted by Crippen LogP contribution is 2.20. The summed E-state index contributed by atoms with van der Waals surface area (Å²) in [5.41, 5.74) is 2.77. The lowest BCUT2D eigenvalue weighted by Gasteiger charge is -2.08. The van der Waals surface area contributed by atoms with E-state index in [1.807, 2.05) is 13.0 Å². The topological polar surface area (TPSA) is 81.0 Å². The molecule has 0 aliphatic rings. The van der Waals surface area contributed by atoms with E-state index < -0.39 is 4.92 Å². The molecule has 0 saturated heterocycles. The van der Waals surface area contributed by atoms with Crippen molar-refractivity contribution in [2.75, 3.05) is 5.32 Å². The number of aryl methyl sites for hydroxylation is 2. The molecule has 2 rings (SSSR count). The van der Waals surface area contributed by atoms with Gasteiger partial charge in [-0.3, -0.25) is 15.1 Å². The Hall–Kier alpha value is -2.50. The number of pyridine rings is 2. The highest BCUT2D eigenvalue weighted by Gasteiger charge is 2.11. The maximum atomic E-state index is 10.8. The van der Waals surface area contributed by atoms with Crippen LogP contribution < -0.4 is 5.32 Å². The van der Waals surface area contributed by atoms with Crippen molar-refractivity contribution in [2.45, 2.75) is 20.4 Å². The monoisotopic (exact) mass is 258 g/mol. The Labute approximate surface area is 110 Å². The molecule has 0 radical (unpaired) electrons. The zero-order valence-electron chi connectivity index (χ0n) is 10.8. The largest absolute Gasteiger partial charge is 0.366 e. The highest BCUT2D eigenvalue weighted by atomic mass is 16.6. The molecule has 0 bridgehead atoms. The summed E-state index contributed by atoms with van der Waals surface area (Å²) in [6.45, 7) is 4.19. The fourth-order valence-electron chi connectivity index (χ4n) is 1.69. The molecule has 0 atom stereocenters. The van der Waals surface area contributed by atoms with E-state index in [4.69, 9.17) is 0 Å². The summed E-state index contributed by atoms with van der Waals surface area (Å²) in [5.74, 6) is 0.494. The summed E-state index contributed by atoms with van der Waals surface area (Å²) in [4.78, 5) is 18.6. The smallest absolute Gasteiger partial charge is 0.277 e. The lowest BCUT2D eigenvalue weighted by molar-refractivity contribution is -0.385. The van der Waals surface area contributed by atoms with Crippen LogP contribution in [0.25, 0.3) is 0 Å². The molecule has 0 fully saturated rings. The van der Waals surface area contributed by atoms with Gasteiger partial charge in [-0.1, -0.05) is 0 Å². The maximum Gasteiger partial charge on any atom is 0.277 e. The molecule has 6 nitrogen and oxygen atoms in total. The standard InChI is InChI=1S/C13H14N4O2/c1-9-6-14-4-3-11(9)8-16-13-5-12(17(18)19)10(2)7-15-13/h3-7H,8H2,1-2H3,(H,15,16). The predicted octanol–water partition coefficient (Wildman–Crippen LogP) is 2.61. The number of nitrogens with zero attached hydrogens (tertiary/aromatic N) is 3. The number of rotatable bonds is 4. The van der Waals surface area contributed by atoms with Crippen LogP contribution in [0.3, 0.4) is 0 Å². The summed E-state index contributed by atoms with van der Waals surface area (Å²) in [6, 6.07) is 3.36. The first-order chi connectivity index (χ1) is 9.08. The van der Waals surface area contributed by atoms with Crippen LogP contribution in [-0.2, 0) is 6.54 Å². The van der Waals surface area contributed by atoms with Gasteiger partial charge in [-0.05, 0) is 31.0 Å². The predicted molar refractivity (Wildman–Crippen MR) is 71.9 cm³/mol. The van der Waals surface area contributed by atoms with Gasteiger partial charge in [-0.2, -0.15) is 0 Å². The second kappa shape index (κ2) is 5.43. The fourth-order valence-corrected chi connectivity index (χ4v) is 1.69. The lowest BCUT2D eigenvalue weighted by Crippen LogP contribution is -2.04. The minimum absolute atomic E-state index is 0.0731. The molecule has 6 heteroatoms. The first-order valence-electron chi connectivity index (χ1n) is 5.82. The number of hydrogen-bond donors (Lipinski definition) is 1. The van der Waals surface area contributed by atoms with Crippen molar-refractivity contribution in [3.05, 3.63) is 57.5 Å². The van der Waals surface area contributed by atoms with Crippen molar-refractivity contribution in [1.82, 2.24) is 9.97 Å². The van der Waals surface area contributed by atoms with E-state index in [9.17, 15) is 10.1 Å². The Morgan fingerprint density at radius 3 is 2.79 bits per heavy atom. The van der Waals surface area contributed by atoms with E-state index in [0.29, 0.717) is 17.9 Å². The third kappa shape index (κ3) is 3.04. The van der Waals surface area contributed by atoms with Gasteiger partial charge in [0.05, 0.1) is 11.0 Å². The second-order valence-corrected chi connectivity index (χ2v) is 4.27. The molecule has 2 aromatic heterocycles. The maximum absolute atomic E-state index is 10.8. The van der Waals surface area contributed by atoms with Gasteiger partial charge >= 0.3 is 0 Å². The number of nitro groups is 1. The molecule has 19 heavy (non-hydrogen) atoms. The van der Waals surface area contributed by atoms with Crippen molar-refractivity contribution in [1.29, 1.82) is 0 Å². The number of aromatic nitrogens is 2. The van der Waals surface area contributed by atoms with Gasteiger partial charge in [-0.15, -0.1) is 0 Å². The third-order valence-corrected chi connectivity index (χ3v) is 2.87. The van der Waals surface area contributed by atoms with Crippen LogP contribution in [0.1, 0.15) is 16.7 Å². The summed E-state index contributed by atoms with van der Waals surface area (Å²) < 4.78 is 0. The Balaban J connectivity index is 2.14. The van der Waals surface area contributed by atoms with Crippen LogP contribution >= 0.6 is 0 Å². The molecule has 0 amide bonds. The van der Waals surface area contributed by atoms with E-state index in [-0.39, 0.29) is 5.69 Å². The number of nitrogens with one attached hydrogen (secondary N) is 1. The van der Waals surface area contributed by atoms with Gasteiger partial charge < -0.3 is 5.32 Å². The van der Waals surface area contributed by atoms with E-state index in [2.05, 4.69) is 15.3 Å². The Morgan fingerprint density at radius 1 is 1.32 bits per heavy atom. The SMILES string of the molecule is Cc1cnccc1CNc1cc([N+](=O)[O-])c(C)cn1. The van der Waals surface area contributed by atoms with Gasteiger partial charge in [0, 0.05) is 30.7 Å². The fraction of sp³-hybridized carbons (Fsp3) is 0.231. The Morgan fingerprint density at radius 2 is 2.11 bits per heavy atom. The van der Waals surface area contributed by atoms with Crippen LogP contribution in [0, 0.1) is 24.0 Å². The second-order valence-electron chi connectivity index (χ2n) is 4.27. The van der Waals surface area contributed by atoms with Crippen LogP contribution in [0.5, 0.6) is 0 Å². The first-order valence-corrected chi connectivity index (χ1v) is 5.82. The lowest BCUT2D eigenvalue weighted by atomic mass is 10.1. The first kappa shape index (κ1) is 12.9. The van der Waals surface area contributed by atoms with Crippen molar-refractivity contribution in [3.8, 4) is 0 Å². The Kier molecular flexibility index (Phi) is 3.70. The molecule has 0 spiro atoms. The summed E-state index contributed by atoms with van der Waals surface area (Å²) >= 11 is 0. The number of hydrogen-bond acceptors (Lipinski definition) is 5. The van der Waals surface area contributed by atoms with Crippen LogP contribution in [0.2, 0.25) is 0 Å². The van der Waals surface area contributed by atoms with Gasteiger partial charge in [0.1, 0.15) is 5.82 Å². The van der Waals surface area contributed by atoms with Crippen LogP contribution in [-0.4, -0.2) is 14.9 Å². The zero-order chi connectivity index (χ0) is 13.8. The van der Waals surface area contributed by atoms with Gasteiger partial charge in [-0.25, -0.2) is 4.98 Å². The quantitative estimate of drug-likeness (QED) is 0.673. The molecule has 0 saturated carbocycles. The van der Waals surface area contributed by atoms with Gasteiger partial charge in [0.15, 0.2) is 0 Å². The van der Waals surface area contributed by atoms with E-state index in [1.54, 1.807) is 19.3 Å².